The molecule has 0 atom stereocenters. The van der Waals surface area contributed by atoms with Crippen molar-refractivity contribution < 1.29 is 9.53 Å². The van der Waals surface area contributed by atoms with E-state index >= 15 is 0 Å². The number of hydrogen-bond donors (Lipinski definition) is 1. The molecule has 0 saturated heterocycles. The lowest BCUT2D eigenvalue weighted by Gasteiger charge is -2.23. The zero-order chi connectivity index (χ0) is 17.9. The first-order valence-corrected chi connectivity index (χ1v) is 7.90. The van der Waals surface area contributed by atoms with Gasteiger partial charge < -0.3 is 19.9 Å². The van der Waals surface area contributed by atoms with Crippen molar-refractivity contribution in [3.8, 4) is 11.8 Å². The predicted octanol–water partition coefficient (Wildman–Crippen LogP) is 3.22. The number of nitrogens with zero attached hydrogens (tertiary/aromatic N) is 3. The smallest absolute Gasteiger partial charge is 0.357 e. The van der Waals surface area contributed by atoms with Crippen molar-refractivity contribution >= 4 is 28.9 Å². The summed E-state index contributed by atoms with van der Waals surface area (Å²) in [5, 5.41) is 9.72. The molecule has 126 valence electrons. The Morgan fingerprint density at radius 3 is 2.58 bits per heavy atom. The lowest BCUT2D eigenvalue weighted by molar-refractivity contribution is 0.0593. The van der Waals surface area contributed by atoms with Crippen LogP contribution in [0.2, 0.25) is 5.02 Å². The number of rotatable bonds is 5. The Balaban J connectivity index is 2.59. The van der Waals surface area contributed by atoms with E-state index in [1.165, 1.54) is 17.9 Å². The molecule has 1 heterocycles. The van der Waals surface area contributed by atoms with Gasteiger partial charge in [-0.2, -0.15) is 5.26 Å². The van der Waals surface area contributed by atoms with Crippen LogP contribution in [0.25, 0.3) is 5.69 Å². The van der Waals surface area contributed by atoms with Crippen molar-refractivity contribution in [2.24, 2.45) is 0 Å². The van der Waals surface area contributed by atoms with Crippen LogP contribution in [0.5, 0.6) is 0 Å². The lowest BCUT2D eigenvalue weighted by atomic mass is 10.2. The monoisotopic (exact) mass is 346 g/mol. The van der Waals surface area contributed by atoms with E-state index in [0.29, 0.717) is 10.7 Å². The van der Waals surface area contributed by atoms with Gasteiger partial charge in [0.05, 0.1) is 29.1 Å². The predicted molar refractivity (Wildman–Crippen MR) is 94.8 cm³/mol. The van der Waals surface area contributed by atoms with Crippen LogP contribution in [0.15, 0.2) is 24.4 Å². The van der Waals surface area contributed by atoms with Crippen LogP contribution in [-0.2, 0) is 4.74 Å². The Bertz CT molecular complexity index is 804. The van der Waals surface area contributed by atoms with Gasteiger partial charge in [0.15, 0.2) is 5.69 Å². The summed E-state index contributed by atoms with van der Waals surface area (Å²) in [6.07, 6.45) is 1.50. The number of nitriles is 1. The van der Waals surface area contributed by atoms with Crippen molar-refractivity contribution in [3.63, 3.8) is 0 Å². The van der Waals surface area contributed by atoms with Crippen LogP contribution in [0.4, 0.5) is 11.4 Å². The number of benzene rings is 1. The van der Waals surface area contributed by atoms with Crippen molar-refractivity contribution in [2.45, 2.75) is 13.8 Å². The number of carbonyl (C=O) groups excluding carboxylic acids is 1. The fraction of sp³-hybridized carbons (Fsp3) is 0.294. The quantitative estimate of drug-likeness (QED) is 0.840. The van der Waals surface area contributed by atoms with E-state index in [-0.39, 0.29) is 16.9 Å². The fourth-order valence-corrected chi connectivity index (χ4v) is 2.88. The molecule has 0 radical (unpaired) electrons. The van der Waals surface area contributed by atoms with Gasteiger partial charge in [-0.15, -0.1) is 0 Å². The number of nitrogens with two attached hydrogens (primary N) is 1. The summed E-state index contributed by atoms with van der Waals surface area (Å²) < 4.78 is 6.30. The number of esters is 1. The molecular formula is C17H19ClN4O2. The van der Waals surface area contributed by atoms with Gasteiger partial charge in [-0.05, 0) is 32.0 Å². The largest absolute Gasteiger partial charge is 0.464 e. The molecule has 0 bridgehead atoms. The minimum atomic E-state index is -0.613. The zero-order valence-electron chi connectivity index (χ0n) is 13.8. The third-order valence-electron chi connectivity index (χ3n) is 3.86. The van der Waals surface area contributed by atoms with E-state index in [2.05, 4.69) is 18.7 Å². The van der Waals surface area contributed by atoms with Gasteiger partial charge in [-0.3, -0.25) is 0 Å². The van der Waals surface area contributed by atoms with Gasteiger partial charge in [0.25, 0.3) is 0 Å². The Morgan fingerprint density at radius 2 is 2.08 bits per heavy atom. The van der Waals surface area contributed by atoms with Crippen LogP contribution in [0, 0.1) is 11.3 Å². The van der Waals surface area contributed by atoms with Crippen LogP contribution in [0.1, 0.15) is 29.9 Å². The normalized spacial score (nSPS) is 10.3. The van der Waals surface area contributed by atoms with Gasteiger partial charge in [0.1, 0.15) is 6.07 Å². The standard InChI is InChI=1S/C17H19ClN4O2/c1-4-21(5-2)14-7-6-12(8-13(14)18)22-10-11(9-19)15(20)16(22)17(23)24-3/h6-8,10H,4-5,20H2,1-3H3. The van der Waals surface area contributed by atoms with Gasteiger partial charge >= 0.3 is 5.97 Å². The second-order valence-electron chi connectivity index (χ2n) is 5.09. The van der Waals surface area contributed by atoms with E-state index in [9.17, 15) is 4.79 Å². The summed E-state index contributed by atoms with van der Waals surface area (Å²) in [5.41, 5.74) is 7.85. The molecule has 2 rings (SSSR count). The Hall–Kier alpha value is -2.65. The third kappa shape index (κ3) is 3.03. The zero-order valence-corrected chi connectivity index (χ0v) is 14.6. The fourth-order valence-electron chi connectivity index (χ4n) is 2.58. The Morgan fingerprint density at radius 1 is 1.42 bits per heavy atom. The Kier molecular flexibility index (Phi) is 5.37. The number of halogens is 1. The second-order valence-corrected chi connectivity index (χ2v) is 5.49. The summed E-state index contributed by atoms with van der Waals surface area (Å²) in [6, 6.07) is 7.42. The minimum Gasteiger partial charge on any atom is -0.464 e. The lowest BCUT2D eigenvalue weighted by Crippen LogP contribution is -2.22. The maximum absolute atomic E-state index is 12.0. The molecule has 0 aliphatic heterocycles. The van der Waals surface area contributed by atoms with Crippen molar-refractivity contribution in [2.75, 3.05) is 30.8 Å². The highest BCUT2D eigenvalue weighted by molar-refractivity contribution is 6.33. The van der Waals surface area contributed by atoms with E-state index in [4.69, 9.17) is 27.3 Å². The maximum Gasteiger partial charge on any atom is 0.357 e. The van der Waals surface area contributed by atoms with Gasteiger partial charge in [0.2, 0.25) is 0 Å². The van der Waals surface area contributed by atoms with Crippen LogP contribution >= 0.6 is 11.6 Å². The molecule has 7 heteroatoms. The number of anilines is 2. The van der Waals surface area contributed by atoms with E-state index in [1.807, 2.05) is 18.2 Å². The highest BCUT2D eigenvalue weighted by Crippen LogP contribution is 2.31. The average molecular weight is 347 g/mol. The first kappa shape index (κ1) is 17.7. The van der Waals surface area contributed by atoms with E-state index < -0.39 is 5.97 Å². The molecular weight excluding hydrogens is 328 g/mol. The van der Waals surface area contributed by atoms with Crippen LogP contribution in [0.3, 0.4) is 0 Å². The van der Waals surface area contributed by atoms with Crippen molar-refractivity contribution in [3.05, 3.63) is 40.7 Å². The number of methoxy groups -OCH3 is 1. The number of carbonyl (C=O) groups is 1. The summed E-state index contributed by atoms with van der Waals surface area (Å²) in [5.74, 6) is -0.613. The molecule has 0 saturated carbocycles. The first-order valence-electron chi connectivity index (χ1n) is 7.52. The summed E-state index contributed by atoms with van der Waals surface area (Å²) in [6.45, 7) is 5.76. The molecule has 2 N–H and O–H groups in total. The molecule has 0 aliphatic rings. The van der Waals surface area contributed by atoms with Gasteiger partial charge in [-0.25, -0.2) is 4.79 Å². The summed E-state index contributed by atoms with van der Waals surface area (Å²) in [7, 11) is 1.27. The molecule has 6 nitrogen and oxygen atoms in total. The molecule has 0 amide bonds. The number of nitrogen functional groups attached to an aromatic ring is 1. The molecule has 1 aromatic heterocycles. The van der Waals surface area contributed by atoms with E-state index in [1.54, 1.807) is 6.07 Å². The summed E-state index contributed by atoms with van der Waals surface area (Å²) in [4.78, 5) is 14.2. The highest BCUT2D eigenvalue weighted by atomic mass is 35.5. The number of aromatic nitrogens is 1. The molecule has 1 aromatic carbocycles. The van der Waals surface area contributed by atoms with Crippen LogP contribution in [-0.4, -0.2) is 30.7 Å². The molecule has 0 unspecified atom stereocenters. The minimum absolute atomic E-state index is 0.0910. The maximum atomic E-state index is 12.0. The summed E-state index contributed by atoms with van der Waals surface area (Å²) >= 11 is 6.41. The first-order chi connectivity index (χ1) is 11.5. The SMILES string of the molecule is CCN(CC)c1ccc(-n2cc(C#N)c(N)c2C(=O)OC)cc1Cl. The molecule has 0 aliphatic carbocycles. The molecule has 0 spiro atoms. The molecule has 0 fully saturated rings. The topological polar surface area (TPSA) is 84.3 Å². The molecule has 2 aromatic rings. The van der Waals surface area contributed by atoms with Gasteiger partial charge in [-0.1, -0.05) is 11.6 Å². The molecule has 24 heavy (non-hydrogen) atoms. The van der Waals surface area contributed by atoms with Crippen LogP contribution < -0.4 is 10.6 Å². The Labute approximate surface area is 146 Å². The average Bonchev–Trinajstić information content (AvgIpc) is 2.93. The van der Waals surface area contributed by atoms with E-state index in [0.717, 1.165) is 18.8 Å². The number of hydrogen-bond acceptors (Lipinski definition) is 5. The number of ether oxygens (including phenoxy) is 1. The highest BCUT2D eigenvalue weighted by Gasteiger charge is 2.22. The second kappa shape index (κ2) is 7.28. The van der Waals surface area contributed by atoms with Gasteiger partial charge in [0, 0.05) is 25.0 Å². The van der Waals surface area contributed by atoms with Crippen molar-refractivity contribution in [1.82, 2.24) is 4.57 Å². The van der Waals surface area contributed by atoms with Crippen molar-refractivity contribution in [1.29, 1.82) is 5.26 Å². The third-order valence-corrected chi connectivity index (χ3v) is 4.16.